The number of rotatable bonds is 14. The highest BCUT2D eigenvalue weighted by Gasteiger charge is 2.40. The van der Waals surface area contributed by atoms with Crippen LogP contribution in [0.25, 0.3) is 0 Å². The zero-order valence-electron chi connectivity index (χ0n) is 27.1. The predicted octanol–water partition coefficient (Wildman–Crippen LogP) is 7.73. The van der Waals surface area contributed by atoms with Gasteiger partial charge in [0.05, 0.1) is 18.9 Å². The van der Waals surface area contributed by atoms with Gasteiger partial charge in [-0.2, -0.15) is 30.0 Å². The van der Waals surface area contributed by atoms with Crippen LogP contribution in [0.2, 0.25) is 0 Å². The first-order valence-corrected chi connectivity index (χ1v) is 17.4. The molecule has 4 aromatic rings. The largest absolute Gasteiger partial charge is 0.493 e. The van der Waals surface area contributed by atoms with Crippen molar-refractivity contribution in [2.45, 2.75) is 29.3 Å². The number of alkyl halides is 3. The van der Waals surface area contributed by atoms with E-state index in [0.717, 1.165) is 24.3 Å². The number of benzene rings is 4. The van der Waals surface area contributed by atoms with E-state index in [9.17, 15) is 73.9 Å². The van der Waals surface area contributed by atoms with Crippen molar-refractivity contribution in [2.75, 3.05) is 13.2 Å². The molecule has 0 aliphatic heterocycles. The molecule has 0 fully saturated rings. The first kappa shape index (κ1) is 43.1. The lowest BCUT2D eigenvalue weighted by Gasteiger charge is -2.12. The molecule has 0 heterocycles. The highest BCUT2D eigenvalue weighted by molar-refractivity contribution is 7.87. The monoisotopic (exact) mass is 856 g/mol. The van der Waals surface area contributed by atoms with Gasteiger partial charge in [0.2, 0.25) is 11.6 Å². The third-order valence-electron chi connectivity index (χ3n) is 6.83. The van der Waals surface area contributed by atoms with Crippen molar-refractivity contribution in [3.05, 3.63) is 118 Å². The van der Waals surface area contributed by atoms with E-state index in [2.05, 4.69) is 18.9 Å². The average molecular weight is 857 g/mol. The summed E-state index contributed by atoms with van der Waals surface area (Å²) in [6.45, 7) is 1.06. The van der Waals surface area contributed by atoms with Crippen LogP contribution in [0.3, 0.4) is 0 Å². The Morgan fingerprint density at radius 2 is 0.839 bits per heavy atom. The third kappa shape index (κ3) is 9.26. The molecule has 0 atom stereocenters. The van der Waals surface area contributed by atoms with Crippen LogP contribution >= 0.6 is 0 Å². The van der Waals surface area contributed by atoms with Crippen molar-refractivity contribution in [3.63, 3.8) is 0 Å². The van der Waals surface area contributed by atoms with Crippen LogP contribution in [-0.4, -0.2) is 47.6 Å². The van der Waals surface area contributed by atoms with Crippen LogP contribution in [0, 0.1) is 58.2 Å². The number of hydrogen-bond acceptors (Lipinski definition) is 10. The molecule has 0 N–H and O–H groups in total. The highest BCUT2D eigenvalue weighted by Crippen LogP contribution is 2.31. The van der Waals surface area contributed by atoms with E-state index in [4.69, 9.17) is 9.47 Å². The molecule has 302 valence electrons. The molecule has 0 amide bonds. The Labute approximate surface area is 305 Å². The van der Waals surface area contributed by atoms with Crippen LogP contribution in [0.1, 0.15) is 24.5 Å². The van der Waals surface area contributed by atoms with Gasteiger partial charge < -0.3 is 9.47 Å². The summed E-state index contributed by atoms with van der Waals surface area (Å²) in [5.41, 5.74) is -3.03. The molecule has 0 radical (unpaired) electrons. The maximum atomic E-state index is 13.9. The minimum atomic E-state index is -6.12. The Morgan fingerprint density at radius 1 is 0.518 bits per heavy atom. The fourth-order valence-corrected chi connectivity index (χ4v) is 5.90. The molecule has 10 nitrogen and oxygen atoms in total. The lowest BCUT2D eigenvalue weighted by Crippen LogP contribution is -2.25. The van der Waals surface area contributed by atoms with Crippen molar-refractivity contribution in [3.8, 4) is 11.5 Å². The van der Waals surface area contributed by atoms with Crippen molar-refractivity contribution in [1.29, 1.82) is 0 Å². The van der Waals surface area contributed by atoms with Crippen molar-refractivity contribution >= 4 is 31.7 Å². The third-order valence-corrected chi connectivity index (χ3v) is 9.09. The van der Waals surface area contributed by atoms with Gasteiger partial charge in [0.25, 0.3) is 0 Å². The Morgan fingerprint density at radius 3 is 1.20 bits per heavy atom. The molecule has 0 bridgehead atoms. The number of hydrogen-bond donors (Lipinski definition) is 0. The van der Waals surface area contributed by atoms with Crippen LogP contribution < -0.4 is 9.47 Å². The minimum absolute atomic E-state index is 0.0203. The van der Waals surface area contributed by atoms with Gasteiger partial charge in [-0.25, -0.2) is 43.9 Å². The zero-order valence-corrected chi connectivity index (χ0v) is 28.8. The normalized spacial score (nSPS) is 12.8. The first-order valence-electron chi connectivity index (χ1n) is 14.6. The van der Waals surface area contributed by atoms with Gasteiger partial charge in [-0.15, -0.1) is 0 Å². The standard InChI is InChI=1S/C31H17F13N2O8S2/c1-13(45-53-55(47,48)28-24(38)20(34)18(32)21(35)25(28)39)14-3-7-16(8-4-14)51-11-2-12-52-17-9-5-15(6-10-17)30(31(42,43)44)46-54-56(49,50)29-26(40)22(36)19(33)23(37)27(29)41/h3-10H,2,11-12H2,1H3/b45-13-,46-30+. The highest BCUT2D eigenvalue weighted by atomic mass is 32.2. The van der Waals surface area contributed by atoms with Gasteiger partial charge >= 0.3 is 26.4 Å². The molecule has 0 aliphatic carbocycles. The van der Waals surface area contributed by atoms with Gasteiger partial charge in [0, 0.05) is 12.0 Å². The number of nitrogens with zero attached hydrogens (tertiary/aromatic N) is 2. The lowest BCUT2D eigenvalue weighted by molar-refractivity contribution is -0.0597. The second-order valence-electron chi connectivity index (χ2n) is 10.6. The van der Waals surface area contributed by atoms with E-state index in [1.807, 2.05) is 0 Å². The van der Waals surface area contributed by atoms with Gasteiger partial charge in [0.1, 0.15) is 11.5 Å². The fourth-order valence-electron chi connectivity index (χ4n) is 4.14. The number of halogens is 13. The summed E-state index contributed by atoms with van der Waals surface area (Å²) < 4.78 is 244. The van der Waals surface area contributed by atoms with E-state index in [1.54, 1.807) is 0 Å². The van der Waals surface area contributed by atoms with Gasteiger partial charge in [-0.3, -0.25) is 8.57 Å². The van der Waals surface area contributed by atoms with Crippen molar-refractivity contribution in [1.82, 2.24) is 0 Å². The topological polar surface area (TPSA) is 130 Å². The second kappa shape index (κ2) is 16.6. The Bertz CT molecular complexity index is 2370. The van der Waals surface area contributed by atoms with Crippen molar-refractivity contribution < 1.29 is 92.0 Å². The van der Waals surface area contributed by atoms with Crippen LogP contribution in [0.5, 0.6) is 11.5 Å². The molecule has 0 spiro atoms. The molecule has 0 unspecified atom stereocenters. The van der Waals surface area contributed by atoms with Crippen LogP contribution in [0.4, 0.5) is 57.1 Å². The molecule has 4 aromatic carbocycles. The van der Waals surface area contributed by atoms with Gasteiger partial charge in [-0.1, -0.05) is 10.3 Å². The summed E-state index contributed by atoms with van der Waals surface area (Å²) in [5, 5.41) is 5.53. The molecular formula is C31H17F13N2O8S2. The summed E-state index contributed by atoms with van der Waals surface area (Å²) in [7, 11) is -11.7. The smallest absolute Gasteiger partial charge is 0.437 e. The molecule has 0 saturated carbocycles. The SMILES string of the molecule is C/C(=N/OS(=O)(=O)c1c(F)c(F)c(F)c(F)c1F)c1ccc(OCCCOc2ccc(/C(=N\OS(=O)(=O)c3c(F)c(F)c(F)c(F)c3F)C(F)(F)F)cc2)cc1. The van der Waals surface area contributed by atoms with Gasteiger partial charge in [-0.05, 0) is 61.0 Å². The Kier molecular flexibility index (Phi) is 12.8. The van der Waals surface area contributed by atoms with Crippen LogP contribution in [-0.2, 0) is 28.8 Å². The summed E-state index contributed by atoms with van der Waals surface area (Å²) in [6.07, 6.45) is -5.31. The van der Waals surface area contributed by atoms with E-state index in [-0.39, 0.29) is 42.4 Å². The predicted molar refractivity (Wildman–Crippen MR) is 162 cm³/mol. The van der Waals surface area contributed by atoms with E-state index in [0.29, 0.717) is 0 Å². The fraction of sp³-hybridized carbons (Fsp3) is 0.161. The van der Waals surface area contributed by atoms with E-state index in [1.165, 1.54) is 31.2 Å². The maximum absolute atomic E-state index is 13.9. The Balaban J connectivity index is 1.32. The maximum Gasteiger partial charge on any atom is 0.437 e. The van der Waals surface area contributed by atoms with E-state index < -0.39 is 106 Å². The zero-order chi connectivity index (χ0) is 41.9. The minimum Gasteiger partial charge on any atom is -0.493 e. The quantitative estimate of drug-likeness (QED) is 0.0315. The molecule has 56 heavy (non-hydrogen) atoms. The van der Waals surface area contributed by atoms with Crippen LogP contribution in [0.15, 0.2) is 68.6 Å². The Hall–Kier alpha value is -5.59. The average Bonchev–Trinajstić information content (AvgIpc) is 3.13. The second-order valence-corrected chi connectivity index (χ2v) is 13.5. The molecule has 0 aromatic heterocycles. The first-order chi connectivity index (χ1) is 26.0. The number of oxime groups is 2. The molecule has 0 aliphatic rings. The molecule has 25 heteroatoms. The molecule has 0 saturated heterocycles. The molecular weight excluding hydrogens is 839 g/mol. The lowest BCUT2D eigenvalue weighted by atomic mass is 10.1. The summed E-state index contributed by atoms with van der Waals surface area (Å²) in [4.78, 5) is -4.82. The van der Waals surface area contributed by atoms with Gasteiger partial charge in [0.15, 0.2) is 62.0 Å². The number of ether oxygens (including phenoxy) is 2. The summed E-state index contributed by atoms with van der Waals surface area (Å²) in [5.74, 6) is -26.7. The summed E-state index contributed by atoms with van der Waals surface area (Å²) in [6, 6.07) is 8.72. The molecule has 4 rings (SSSR count). The van der Waals surface area contributed by atoms with E-state index >= 15 is 0 Å². The summed E-state index contributed by atoms with van der Waals surface area (Å²) >= 11 is 0. The van der Waals surface area contributed by atoms with Crippen molar-refractivity contribution in [2.24, 2.45) is 10.3 Å².